The molecule has 0 aliphatic carbocycles. The summed E-state index contributed by atoms with van der Waals surface area (Å²) in [5, 5.41) is 6.82. The highest BCUT2D eigenvalue weighted by Crippen LogP contribution is 2.22. The number of amides is 2. The van der Waals surface area contributed by atoms with Crippen LogP contribution in [0.5, 0.6) is 5.75 Å². The van der Waals surface area contributed by atoms with Crippen molar-refractivity contribution in [1.29, 1.82) is 0 Å². The first kappa shape index (κ1) is 24.9. The zero-order valence-corrected chi connectivity index (χ0v) is 19.8. The van der Waals surface area contributed by atoms with Crippen molar-refractivity contribution in [3.63, 3.8) is 0 Å². The molecule has 0 fully saturated rings. The summed E-state index contributed by atoms with van der Waals surface area (Å²) in [4.78, 5) is 27.1. The van der Waals surface area contributed by atoms with Gasteiger partial charge in [-0.05, 0) is 55.0 Å². The van der Waals surface area contributed by atoms with E-state index < -0.39 is 6.04 Å². The van der Waals surface area contributed by atoms with E-state index in [2.05, 4.69) is 15.8 Å². The van der Waals surface area contributed by atoms with Crippen LogP contribution in [-0.2, 0) is 9.59 Å². The molecule has 0 saturated carbocycles. The first-order valence-electron chi connectivity index (χ1n) is 10.8. The fraction of sp³-hybridized carbons (Fsp3) is 0.400. The number of hydrogen-bond donors (Lipinski definition) is 2. The van der Waals surface area contributed by atoms with E-state index in [0.717, 1.165) is 22.4 Å². The molecule has 2 amide bonds. The lowest BCUT2D eigenvalue weighted by molar-refractivity contribution is -0.130. The molecule has 0 aliphatic heterocycles. The predicted molar refractivity (Wildman–Crippen MR) is 129 cm³/mol. The Bertz CT molecular complexity index is 916. The lowest BCUT2D eigenvalue weighted by Gasteiger charge is -2.19. The van der Waals surface area contributed by atoms with Gasteiger partial charge in [-0.25, -0.2) is 5.43 Å². The van der Waals surface area contributed by atoms with Gasteiger partial charge in [0.25, 0.3) is 11.8 Å². The van der Waals surface area contributed by atoms with Gasteiger partial charge < -0.3 is 15.0 Å². The average Bonchev–Trinajstić information content (AvgIpc) is 2.73. The Morgan fingerprint density at radius 1 is 1.06 bits per heavy atom. The summed E-state index contributed by atoms with van der Waals surface area (Å²) in [6, 6.07) is 12.9. The monoisotopic (exact) mass is 438 g/mol. The number of carbonyl (C=O) groups excluding carboxylic acids is 2. The molecule has 2 rings (SSSR count). The highest BCUT2D eigenvalue weighted by atomic mass is 16.5. The maximum absolute atomic E-state index is 12.6. The van der Waals surface area contributed by atoms with E-state index in [1.54, 1.807) is 6.21 Å². The molecule has 7 heteroatoms. The molecule has 2 N–H and O–H groups in total. The number of hydrazone groups is 1. The number of nitrogens with zero attached hydrogens (tertiary/aromatic N) is 2. The third-order valence-electron chi connectivity index (χ3n) is 4.91. The molecule has 32 heavy (non-hydrogen) atoms. The molecule has 0 aromatic heterocycles. The van der Waals surface area contributed by atoms with Crippen molar-refractivity contribution in [3.05, 3.63) is 59.2 Å². The summed E-state index contributed by atoms with van der Waals surface area (Å²) >= 11 is 0. The third-order valence-corrected chi connectivity index (χ3v) is 4.91. The van der Waals surface area contributed by atoms with E-state index in [4.69, 9.17) is 4.74 Å². The highest BCUT2D eigenvalue weighted by Gasteiger charge is 2.22. The van der Waals surface area contributed by atoms with E-state index in [0.29, 0.717) is 12.2 Å². The average molecular weight is 439 g/mol. The zero-order valence-electron chi connectivity index (χ0n) is 19.8. The van der Waals surface area contributed by atoms with Gasteiger partial charge in [0, 0.05) is 19.8 Å². The first-order valence-corrected chi connectivity index (χ1v) is 10.8. The number of rotatable bonds is 10. The van der Waals surface area contributed by atoms with Crippen LogP contribution in [0, 0.1) is 19.8 Å². The van der Waals surface area contributed by atoms with Gasteiger partial charge in [-0.15, -0.1) is 0 Å². The van der Waals surface area contributed by atoms with Crippen LogP contribution in [0.1, 0.15) is 37.0 Å². The molecule has 0 aliphatic rings. The molecule has 1 atom stereocenters. The maximum Gasteiger partial charge on any atom is 0.262 e. The summed E-state index contributed by atoms with van der Waals surface area (Å²) in [7, 11) is 3.94. The van der Waals surface area contributed by atoms with Gasteiger partial charge in [0.1, 0.15) is 11.8 Å². The fourth-order valence-electron chi connectivity index (χ4n) is 3.21. The van der Waals surface area contributed by atoms with Gasteiger partial charge in [0.2, 0.25) is 0 Å². The van der Waals surface area contributed by atoms with Crippen molar-refractivity contribution in [2.24, 2.45) is 11.0 Å². The van der Waals surface area contributed by atoms with Crippen LogP contribution in [0.25, 0.3) is 0 Å². The van der Waals surface area contributed by atoms with Gasteiger partial charge in [0.15, 0.2) is 6.61 Å². The minimum atomic E-state index is -0.697. The van der Waals surface area contributed by atoms with E-state index in [1.807, 2.05) is 89.2 Å². The Morgan fingerprint density at radius 2 is 1.69 bits per heavy atom. The molecule has 172 valence electrons. The zero-order chi connectivity index (χ0) is 23.7. The lowest BCUT2D eigenvalue weighted by Crippen LogP contribution is -2.47. The van der Waals surface area contributed by atoms with Gasteiger partial charge in [0.05, 0.1) is 6.21 Å². The summed E-state index contributed by atoms with van der Waals surface area (Å²) in [6.07, 6.45) is 2.07. The van der Waals surface area contributed by atoms with Crippen molar-refractivity contribution >= 4 is 23.7 Å². The summed E-state index contributed by atoms with van der Waals surface area (Å²) in [5.74, 6) is 0.197. The van der Waals surface area contributed by atoms with Crippen molar-refractivity contribution < 1.29 is 14.3 Å². The number of carbonyl (C=O) groups is 2. The van der Waals surface area contributed by atoms with Crippen LogP contribution in [0.3, 0.4) is 0 Å². The molecule has 2 aromatic rings. The SMILES string of the molecule is Cc1cccc(C)c1OCC(=O)N[C@@H](CC(C)C)C(=O)N/N=C\c1ccc(N(C)C)cc1. The minimum Gasteiger partial charge on any atom is -0.483 e. The van der Waals surface area contributed by atoms with E-state index in [9.17, 15) is 9.59 Å². The quantitative estimate of drug-likeness (QED) is 0.440. The van der Waals surface area contributed by atoms with Crippen molar-refractivity contribution in [2.45, 2.75) is 40.2 Å². The third kappa shape index (κ3) is 7.72. The topological polar surface area (TPSA) is 83.0 Å². The molecule has 0 bridgehead atoms. The fourth-order valence-corrected chi connectivity index (χ4v) is 3.21. The van der Waals surface area contributed by atoms with Crippen LogP contribution in [0.2, 0.25) is 0 Å². The number of aryl methyl sites for hydroxylation is 2. The normalized spacial score (nSPS) is 12.0. The van der Waals surface area contributed by atoms with Crippen LogP contribution >= 0.6 is 0 Å². The van der Waals surface area contributed by atoms with Gasteiger partial charge >= 0.3 is 0 Å². The van der Waals surface area contributed by atoms with Crippen molar-refractivity contribution in [2.75, 3.05) is 25.6 Å². The van der Waals surface area contributed by atoms with Crippen LogP contribution in [0.4, 0.5) is 5.69 Å². The first-order chi connectivity index (χ1) is 15.2. The number of hydrogen-bond acceptors (Lipinski definition) is 5. The molecule has 0 radical (unpaired) electrons. The minimum absolute atomic E-state index is 0.158. The Balaban J connectivity index is 1.94. The second kappa shape index (κ2) is 11.9. The standard InChI is InChI=1S/C25H34N4O3/c1-17(2)14-22(27-23(30)16-32-24-18(3)8-7-9-19(24)4)25(31)28-26-15-20-10-12-21(13-11-20)29(5)6/h7-13,15,17,22H,14,16H2,1-6H3,(H,27,30)(H,28,31)/b26-15-/t22-/m0/s1. The van der Waals surface area contributed by atoms with Crippen LogP contribution < -0.4 is 20.4 Å². The Kier molecular flexibility index (Phi) is 9.25. The lowest BCUT2D eigenvalue weighted by atomic mass is 10.0. The summed E-state index contributed by atoms with van der Waals surface area (Å²) < 4.78 is 5.70. The Morgan fingerprint density at radius 3 is 2.25 bits per heavy atom. The summed E-state index contributed by atoms with van der Waals surface area (Å²) in [5.41, 5.74) is 6.40. The predicted octanol–water partition coefficient (Wildman–Crippen LogP) is 3.43. The molecule has 7 nitrogen and oxygen atoms in total. The molecule has 2 aromatic carbocycles. The number of nitrogens with one attached hydrogen (secondary N) is 2. The number of ether oxygens (including phenoxy) is 1. The molecule has 0 saturated heterocycles. The largest absolute Gasteiger partial charge is 0.483 e. The maximum atomic E-state index is 12.6. The second-order valence-corrected chi connectivity index (χ2v) is 8.48. The number of benzene rings is 2. The van der Waals surface area contributed by atoms with E-state index >= 15 is 0 Å². The van der Waals surface area contributed by atoms with Gasteiger partial charge in [-0.2, -0.15) is 5.10 Å². The van der Waals surface area contributed by atoms with Crippen molar-refractivity contribution in [1.82, 2.24) is 10.7 Å². The van der Waals surface area contributed by atoms with Crippen molar-refractivity contribution in [3.8, 4) is 5.75 Å². The van der Waals surface area contributed by atoms with E-state index in [-0.39, 0.29) is 24.3 Å². The van der Waals surface area contributed by atoms with Gasteiger partial charge in [-0.3, -0.25) is 9.59 Å². The molecular formula is C25H34N4O3. The molecule has 0 heterocycles. The summed E-state index contributed by atoms with van der Waals surface area (Å²) in [6.45, 7) is 7.70. The Hall–Kier alpha value is -3.35. The van der Waals surface area contributed by atoms with Gasteiger partial charge in [-0.1, -0.05) is 44.2 Å². The number of para-hydroxylation sites is 1. The van der Waals surface area contributed by atoms with E-state index in [1.165, 1.54) is 0 Å². The van der Waals surface area contributed by atoms with Crippen LogP contribution in [0.15, 0.2) is 47.6 Å². The second-order valence-electron chi connectivity index (χ2n) is 8.48. The highest BCUT2D eigenvalue weighted by molar-refractivity contribution is 5.89. The van der Waals surface area contributed by atoms with Crippen LogP contribution in [-0.4, -0.2) is 44.8 Å². The molecular weight excluding hydrogens is 404 g/mol. The smallest absolute Gasteiger partial charge is 0.262 e. The molecule has 0 unspecified atom stereocenters. The molecule has 0 spiro atoms. The number of anilines is 1. The Labute approximate surface area is 190 Å².